The van der Waals surface area contributed by atoms with E-state index in [1.165, 1.54) is 4.40 Å². The predicted octanol–water partition coefficient (Wildman–Crippen LogP) is 2.34. The maximum atomic E-state index is 12.5. The molecule has 3 rings (SSSR count). The molecule has 0 radical (unpaired) electrons. The van der Waals surface area contributed by atoms with Crippen LogP contribution in [0.4, 0.5) is 0 Å². The molecule has 0 fully saturated rings. The molecule has 0 aliphatic carbocycles. The van der Waals surface area contributed by atoms with Gasteiger partial charge in [0.15, 0.2) is 0 Å². The summed E-state index contributed by atoms with van der Waals surface area (Å²) in [6.45, 7) is 3.53. The van der Waals surface area contributed by atoms with Crippen LogP contribution in [0.1, 0.15) is 24.0 Å². The average Bonchev–Trinajstić information content (AvgIpc) is 2.46. The van der Waals surface area contributed by atoms with Gasteiger partial charge >= 0.3 is 5.97 Å². The van der Waals surface area contributed by atoms with Crippen LogP contribution in [-0.2, 0) is 4.79 Å². The number of carboxylic acids is 1. The van der Waals surface area contributed by atoms with E-state index in [1.807, 2.05) is 19.1 Å². The molecule has 0 spiro atoms. The van der Waals surface area contributed by atoms with Gasteiger partial charge in [-0.3, -0.25) is 14.0 Å². The smallest absolute Gasteiger partial charge is 0.310 e. The molecule has 1 aromatic carbocycles. The number of aromatic nitrogens is 2. The van der Waals surface area contributed by atoms with Crippen LogP contribution in [0.3, 0.4) is 0 Å². The summed E-state index contributed by atoms with van der Waals surface area (Å²) in [4.78, 5) is 28.1. The van der Waals surface area contributed by atoms with Crippen LogP contribution in [0.25, 0.3) is 16.6 Å². The lowest BCUT2D eigenvalue weighted by Crippen LogP contribution is -2.16. The molecule has 3 aromatic rings. The van der Waals surface area contributed by atoms with Crippen LogP contribution >= 0.6 is 0 Å². The van der Waals surface area contributed by atoms with Crippen LogP contribution < -0.4 is 5.56 Å². The zero-order valence-corrected chi connectivity index (χ0v) is 11.7. The molecule has 0 bridgehead atoms. The summed E-state index contributed by atoms with van der Waals surface area (Å²) < 4.78 is 1.48. The Balaban J connectivity index is 2.33. The third-order valence-corrected chi connectivity index (χ3v) is 3.67. The van der Waals surface area contributed by atoms with Crippen LogP contribution in [0.5, 0.6) is 0 Å². The van der Waals surface area contributed by atoms with Crippen LogP contribution in [0, 0.1) is 6.92 Å². The van der Waals surface area contributed by atoms with E-state index in [-0.39, 0.29) is 5.56 Å². The number of aryl methyl sites for hydroxylation is 1. The number of carboxylic acid groups (broad SMARTS) is 1. The number of rotatable bonds is 2. The summed E-state index contributed by atoms with van der Waals surface area (Å²) in [7, 11) is 0. The van der Waals surface area contributed by atoms with Crippen molar-refractivity contribution in [2.24, 2.45) is 0 Å². The monoisotopic (exact) mass is 282 g/mol. The molecule has 0 aliphatic rings. The first kappa shape index (κ1) is 13.3. The van der Waals surface area contributed by atoms with E-state index in [0.29, 0.717) is 22.1 Å². The highest BCUT2D eigenvalue weighted by Crippen LogP contribution is 2.19. The Bertz CT molecular complexity index is 928. The Morgan fingerprint density at radius 1 is 1.29 bits per heavy atom. The summed E-state index contributed by atoms with van der Waals surface area (Å²) in [5.41, 5.74) is 2.60. The number of pyridine rings is 1. The molecule has 1 atom stereocenters. The quantitative estimate of drug-likeness (QED) is 0.732. The van der Waals surface area contributed by atoms with Gasteiger partial charge in [0.2, 0.25) is 0 Å². The molecule has 1 N–H and O–H groups in total. The third-order valence-electron chi connectivity index (χ3n) is 3.67. The first-order chi connectivity index (χ1) is 9.97. The maximum absolute atomic E-state index is 12.5. The fraction of sp³-hybridized carbons (Fsp3) is 0.188. The SMILES string of the molecule is Cc1ccn2c(=O)c3cc(C(C)C(=O)O)ccc3nc2c1. The predicted molar refractivity (Wildman–Crippen MR) is 79.8 cm³/mol. The lowest BCUT2D eigenvalue weighted by molar-refractivity contribution is -0.138. The standard InChI is InChI=1S/C16H14N2O3/c1-9-5-6-18-14(7-9)17-13-4-3-11(10(2)16(20)21)8-12(13)15(18)19/h3-8,10H,1-2H3,(H,20,21). The van der Waals surface area contributed by atoms with E-state index in [4.69, 9.17) is 5.11 Å². The molecule has 0 saturated heterocycles. The number of hydrogen-bond acceptors (Lipinski definition) is 3. The second-order valence-corrected chi connectivity index (χ2v) is 5.19. The van der Waals surface area contributed by atoms with Gasteiger partial charge < -0.3 is 5.11 Å². The lowest BCUT2D eigenvalue weighted by atomic mass is 10.00. The molecule has 0 aliphatic heterocycles. The van der Waals surface area contributed by atoms with Crippen molar-refractivity contribution in [2.75, 3.05) is 0 Å². The lowest BCUT2D eigenvalue weighted by Gasteiger charge is -2.09. The minimum Gasteiger partial charge on any atom is -0.481 e. The van der Waals surface area contributed by atoms with Crippen molar-refractivity contribution in [3.05, 3.63) is 58.0 Å². The van der Waals surface area contributed by atoms with Gasteiger partial charge in [-0.25, -0.2) is 4.98 Å². The van der Waals surface area contributed by atoms with Crippen molar-refractivity contribution in [2.45, 2.75) is 19.8 Å². The van der Waals surface area contributed by atoms with Crippen LogP contribution in [0.15, 0.2) is 41.3 Å². The van der Waals surface area contributed by atoms with E-state index in [1.54, 1.807) is 31.3 Å². The van der Waals surface area contributed by atoms with Crippen LogP contribution in [-0.4, -0.2) is 20.5 Å². The molecule has 5 heteroatoms. The fourth-order valence-corrected chi connectivity index (χ4v) is 2.34. The first-order valence-corrected chi connectivity index (χ1v) is 6.63. The zero-order chi connectivity index (χ0) is 15.1. The van der Waals surface area contributed by atoms with Gasteiger partial charge in [0, 0.05) is 6.20 Å². The van der Waals surface area contributed by atoms with Crippen molar-refractivity contribution < 1.29 is 9.90 Å². The number of aliphatic carboxylic acids is 1. The van der Waals surface area contributed by atoms with Crippen molar-refractivity contribution in [3.8, 4) is 0 Å². The maximum Gasteiger partial charge on any atom is 0.310 e. The van der Waals surface area contributed by atoms with Gasteiger partial charge in [-0.1, -0.05) is 6.07 Å². The highest BCUT2D eigenvalue weighted by molar-refractivity contribution is 5.83. The summed E-state index contributed by atoms with van der Waals surface area (Å²) in [6.07, 6.45) is 1.69. The van der Waals surface area contributed by atoms with Gasteiger partial charge in [0.05, 0.1) is 16.8 Å². The Morgan fingerprint density at radius 3 is 2.76 bits per heavy atom. The van der Waals surface area contributed by atoms with Crippen molar-refractivity contribution in [1.29, 1.82) is 0 Å². The normalized spacial score (nSPS) is 12.7. The molecule has 0 amide bonds. The average molecular weight is 282 g/mol. The molecule has 0 saturated carbocycles. The van der Waals surface area contributed by atoms with Crippen molar-refractivity contribution in [1.82, 2.24) is 9.38 Å². The summed E-state index contributed by atoms with van der Waals surface area (Å²) in [6, 6.07) is 8.71. The van der Waals surface area contributed by atoms with Crippen molar-refractivity contribution >= 4 is 22.5 Å². The minimum atomic E-state index is -0.918. The van der Waals surface area contributed by atoms with Crippen LogP contribution in [0.2, 0.25) is 0 Å². The molecule has 2 aromatic heterocycles. The number of fused-ring (bicyclic) bond motifs is 2. The number of hydrogen-bond donors (Lipinski definition) is 1. The summed E-state index contributed by atoms with van der Waals surface area (Å²) in [5.74, 6) is -1.58. The minimum absolute atomic E-state index is 0.186. The van der Waals surface area contributed by atoms with Gasteiger partial charge in [0.1, 0.15) is 5.65 Å². The highest BCUT2D eigenvalue weighted by atomic mass is 16.4. The van der Waals surface area contributed by atoms with E-state index in [0.717, 1.165) is 5.56 Å². The van der Waals surface area contributed by atoms with Crippen molar-refractivity contribution in [3.63, 3.8) is 0 Å². The molecular formula is C16H14N2O3. The molecule has 1 unspecified atom stereocenters. The Morgan fingerprint density at radius 2 is 2.05 bits per heavy atom. The topological polar surface area (TPSA) is 71.7 Å². The molecule has 106 valence electrons. The largest absolute Gasteiger partial charge is 0.481 e. The second-order valence-electron chi connectivity index (χ2n) is 5.19. The third kappa shape index (κ3) is 2.16. The fourth-order valence-electron chi connectivity index (χ4n) is 2.34. The summed E-state index contributed by atoms with van der Waals surface area (Å²) in [5, 5.41) is 9.51. The first-order valence-electron chi connectivity index (χ1n) is 6.63. The second kappa shape index (κ2) is 4.70. The molecule has 5 nitrogen and oxygen atoms in total. The van der Waals surface area contributed by atoms with E-state index >= 15 is 0 Å². The molecular weight excluding hydrogens is 268 g/mol. The molecule has 2 heterocycles. The van der Waals surface area contributed by atoms with E-state index in [2.05, 4.69) is 4.98 Å². The molecule has 21 heavy (non-hydrogen) atoms. The van der Waals surface area contributed by atoms with Gasteiger partial charge in [-0.2, -0.15) is 0 Å². The number of benzene rings is 1. The van der Waals surface area contributed by atoms with Gasteiger partial charge in [-0.05, 0) is 49.2 Å². The summed E-state index contributed by atoms with van der Waals surface area (Å²) >= 11 is 0. The Labute approximate surface area is 120 Å². The zero-order valence-electron chi connectivity index (χ0n) is 11.7. The van der Waals surface area contributed by atoms with E-state index in [9.17, 15) is 9.59 Å². The number of nitrogens with zero attached hydrogens (tertiary/aromatic N) is 2. The number of carbonyl (C=O) groups is 1. The van der Waals surface area contributed by atoms with Gasteiger partial charge in [-0.15, -0.1) is 0 Å². The highest BCUT2D eigenvalue weighted by Gasteiger charge is 2.15. The Hall–Kier alpha value is -2.69. The Kier molecular flexibility index (Phi) is 2.97. The van der Waals surface area contributed by atoms with E-state index < -0.39 is 11.9 Å². The van der Waals surface area contributed by atoms with Gasteiger partial charge in [0.25, 0.3) is 5.56 Å².